The van der Waals surface area contributed by atoms with Crippen molar-refractivity contribution in [1.29, 1.82) is 0 Å². The summed E-state index contributed by atoms with van der Waals surface area (Å²) < 4.78 is 5.23. The molecule has 0 spiro atoms. The fourth-order valence-electron chi connectivity index (χ4n) is 1.83. The summed E-state index contributed by atoms with van der Waals surface area (Å²) in [6, 6.07) is 13.2. The Bertz CT molecular complexity index is 521. The van der Waals surface area contributed by atoms with Crippen molar-refractivity contribution in [3.05, 3.63) is 53.6 Å². The molecule has 3 heteroatoms. The lowest BCUT2D eigenvalue weighted by atomic mass is 10.1. The predicted octanol–water partition coefficient (Wildman–Crippen LogP) is 3.32. The van der Waals surface area contributed by atoms with Crippen LogP contribution in [-0.2, 0) is 6.54 Å². The van der Waals surface area contributed by atoms with Gasteiger partial charge in [-0.1, -0.05) is 12.1 Å². The molecule has 2 N–H and O–H groups in total. The van der Waals surface area contributed by atoms with Gasteiger partial charge >= 0.3 is 0 Å². The summed E-state index contributed by atoms with van der Waals surface area (Å²) in [6.45, 7) is 2.78. The van der Waals surface area contributed by atoms with Crippen molar-refractivity contribution in [3.8, 4) is 11.5 Å². The van der Waals surface area contributed by atoms with Gasteiger partial charge < -0.3 is 15.2 Å². The van der Waals surface area contributed by atoms with E-state index in [1.54, 1.807) is 19.2 Å². The maximum Gasteiger partial charge on any atom is 0.121 e. The van der Waals surface area contributed by atoms with Crippen LogP contribution >= 0.6 is 0 Å². The van der Waals surface area contributed by atoms with Crippen molar-refractivity contribution in [3.63, 3.8) is 0 Å². The van der Waals surface area contributed by atoms with E-state index in [-0.39, 0.29) is 5.75 Å². The number of aryl methyl sites for hydroxylation is 1. The highest BCUT2D eigenvalue weighted by Crippen LogP contribution is 2.20. The van der Waals surface area contributed by atoms with Gasteiger partial charge in [-0.2, -0.15) is 0 Å². The molecule has 0 unspecified atom stereocenters. The van der Waals surface area contributed by atoms with Crippen molar-refractivity contribution in [2.45, 2.75) is 13.5 Å². The quantitative estimate of drug-likeness (QED) is 0.809. The van der Waals surface area contributed by atoms with E-state index in [4.69, 9.17) is 4.74 Å². The van der Waals surface area contributed by atoms with Crippen molar-refractivity contribution in [1.82, 2.24) is 0 Å². The van der Waals surface area contributed by atoms with Crippen LogP contribution in [0, 0.1) is 6.92 Å². The lowest BCUT2D eigenvalue weighted by Gasteiger charge is -2.09. The van der Waals surface area contributed by atoms with Crippen LogP contribution in [0.15, 0.2) is 42.5 Å². The minimum absolute atomic E-state index is 0.279. The molecule has 0 aromatic heterocycles. The van der Waals surface area contributed by atoms with E-state index in [1.165, 1.54) is 5.56 Å². The molecule has 3 nitrogen and oxygen atoms in total. The van der Waals surface area contributed by atoms with Crippen LogP contribution in [0.2, 0.25) is 0 Å². The predicted molar refractivity (Wildman–Crippen MR) is 73.2 cm³/mol. The molecule has 0 aliphatic carbocycles. The normalized spacial score (nSPS) is 10.1. The topological polar surface area (TPSA) is 41.5 Å². The molecule has 0 radical (unpaired) electrons. The average Bonchev–Trinajstić information content (AvgIpc) is 2.38. The van der Waals surface area contributed by atoms with Gasteiger partial charge in [0.1, 0.15) is 11.5 Å². The molecule has 0 fully saturated rings. The summed E-state index contributed by atoms with van der Waals surface area (Å²) in [5, 5.41) is 12.5. The first-order chi connectivity index (χ1) is 8.69. The fourth-order valence-corrected chi connectivity index (χ4v) is 1.83. The Morgan fingerprint density at radius 1 is 1.11 bits per heavy atom. The first-order valence-electron chi connectivity index (χ1n) is 5.85. The van der Waals surface area contributed by atoms with E-state index in [0.29, 0.717) is 0 Å². The van der Waals surface area contributed by atoms with Gasteiger partial charge in [-0.3, -0.25) is 0 Å². The van der Waals surface area contributed by atoms with Crippen LogP contribution in [0.5, 0.6) is 11.5 Å². The van der Waals surface area contributed by atoms with E-state index in [2.05, 4.69) is 11.4 Å². The third-order valence-corrected chi connectivity index (χ3v) is 2.82. The Kier molecular flexibility index (Phi) is 3.72. The number of rotatable bonds is 4. The second kappa shape index (κ2) is 5.45. The van der Waals surface area contributed by atoms with Gasteiger partial charge in [0.2, 0.25) is 0 Å². The minimum Gasteiger partial charge on any atom is -0.508 e. The first-order valence-corrected chi connectivity index (χ1v) is 5.85. The number of aromatic hydroxyl groups is 1. The van der Waals surface area contributed by atoms with Gasteiger partial charge in [0.15, 0.2) is 0 Å². The van der Waals surface area contributed by atoms with Crippen molar-refractivity contribution in [2.24, 2.45) is 0 Å². The van der Waals surface area contributed by atoms with Crippen LogP contribution in [0.1, 0.15) is 11.1 Å². The van der Waals surface area contributed by atoms with Crippen molar-refractivity contribution >= 4 is 5.69 Å². The molecule has 0 bridgehead atoms. The zero-order valence-electron chi connectivity index (χ0n) is 10.6. The standard InChI is InChI=1S/C15H17NO2/c1-11-9-12(3-8-15(11)18-2)10-16-13-4-6-14(17)7-5-13/h3-9,16-17H,10H2,1-2H3. The van der Waals surface area contributed by atoms with Gasteiger partial charge in [-0.05, 0) is 48.4 Å². The molecule has 0 amide bonds. The Balaban J connectivity index is 2.02. The molecule has 18 heavy (non-hydrogen) atoms. The number of phenolic OH excluding ortho intramolecular Hbond substituents is 1. The highest BCUT2D eigenvalue weighted by Gasteiger charge is 2.00. The minimum atomic E-state index is 0.279. The van der Waals surface area contributed by atoms with Crippen LogP contribution in [0.3, 0.4) is 0 Å². The third-order valence-electron chi connectivity index (χ3n) is 2.82. The number of anilines is 1. The number of phenols is 1. The maximum absolute atomic E-state index is 9.19. The molecule has 0 saturated heterocycles. The third kappa shape index (κ3) is 2.94. The largest absolute Gasteiger partial charge is 0.508 e. The highest BCUT2D eigenvalue weighted by atomic mass is 16.5. The zero-order chi connectivity index (χ0) is 13.0. The van der Waals surface area contributed by atoms with Crippen LogP contribution in [0.25, 0.3) is 0 Å². The zero-order valence-corrected chi connectivity index (χ0v) is 10.6. The Morgan fingerprint density at radius 3 is 2.44 bits per heavy atom. The molecule has 0 atom stereocenters. The van der Waals surface area contributed by atoms with E-state index >= 15 is 0 Å². The summed E-state index contributed by atoms with van der Waals surface area (Å²) >= 11 is 0. The van der Waals surface area contributed by atoms with Gasteiger partial charge in [-0.25, -0.2) is 0 Å². The smallest absolute Gasteiger partial charge is 0.121 e. The van der Waals surface area contributed by atoms with Gasteiger partial charge in [0, 0.05) is 12.2 Å². The lowest BCUT2D eigenvalue weighted by Crippen LogP contribution is -1.99. The summed E-state index contributed by atoms with van der Waals surface area (Å²) in [5.41, 5.74) is 3.31. The second-order valence-corrected chi connectivity index (χ2v) is 4.20. The number of benzene rings is 2. The Hall–Kier alpha value is -2.16. The maximum atomic E-state index is 9.19. The second-order valence-electron chi connectivity index (χ2n) is 4.20. The van der Waals surface area contributed by atoms with E-state index < -0.39 is 0 Å². The van der Waals surface area contributed by atoms with Crippen molar-refractivity contribution < 1.29 is 9.84 Å². The molecule has 0 aliphatic rings. The number of hydrogen-bond donors (Lipinski definition) is 2. The summed E-state index contributed by atoms with van der Waals surface area (Å²) in [6.07, 6.45) is 0. The molecule has 94 valence electrons. The molecule has 0 aliphatic heterocycles. The van der Waals surface area contributed by atoms with Crippen LogP contribution in [0.4, 0.5) is 5.69 Å². The SMILES string of the molecule is COc1ccc(CNc2ccc(O)cc2)cc1C. The Labute approximate surface area is 107 Å². The summed E-state index contributed by atoms with van der Waals surface area (Å²) in [7, 11) is 1.68. The number of nitrogens with one attached hydrogen (secondary N) is 1. The van der Waals surface area contributed by atoms with Gasteiger partial charge in [0.05, 0.1) is 7.11 Å². The molecule has 0 saturated carbocycles. The molecular weight excluding hydrogens is 226 g/mol. The van der Waals surface area contributed by atoms with Crippen LogP contribution < -0.4 is 10.1 Å². The first kappa shape index (κ1) is 12.3. The van der Waals surface area contributed by atoms with E-state index in [1.807, 2.05) is 31.2 Å². The van der Waals surface area contributed by atoms with Gasteiger partial charge in [-0.15, -0.1) is 0 Å². The summed E-state index contributed by atoms with van der Waals surface area (Å²) in [5.74, 6) is 1.18. The van der Waals surface area contributed by atoms with Gasteiger partial charge in [0.25, 0.3) is 0 Å². The van der Waals surface area contributed by atoms with Crippen LogP contribution in [-0.4, -0.2) is 12.2 Å². The number of hydrogen-bond acceptors (Lipinski definition) is 3. The van der Waals surface area contributed by atoms with E-state index in [9.17, 15) is 5.11 Å². The van der Waals surface area contributed by atoms with E-state index in [0.717, 1.165) is 23.5 Å². The molecule has 2 rings (SSSR count). The number of ether oxygens (including phenoxy) is 1. The highest BCUT2D eigenvalue weighted by molar-refractivity contribution is 5.47. The fraction of sp³-hybridized carbons (Fsp3) is 0.200. The molecule has 2 aromatic carbocycles. The summed E-state index contributed by atoms with van der Waals surface area (Å²) in [4.78, 5) is 0. The average molecular weight is 243 g/mol. The molecule has 2 aromatic rings. The molecule has 0 heterocycles. The monoisotopic (exact) mass is 243 g/mol. The Morgan fingerprint density at radius 2 is 1.83 bits per heavy atom. The molecular formula is C15H17NO2. The lowest BCUT2D eigenvalue weighted by molar-refractivity contribution is 0.411. The van der Waals surface area contributed by atoms with Crippen molar-refractivity contribution in [2.75, 3.05) is 12.4 Å². The number of methoxy groups -OCH3 is 1.